The van der Waals surface area contributed by atoms with Crippen LogP contribution in [0.25, 0.3) is 10.9 Å². The molecule has 0 atom stereocenters. The standard InChI is InChI=1S/C12H16ClN5O2/c1-17(2)3-4-18(12(19)20)7-9-11-8(6-14-16-11)5-10(13)15-9/h5-6H,3-4,7H2,1-2H3,(H,14,16)(H,19,20). The first kappa shape index (κ1) is 14.5. The Labute approximate surface area is 121 Å². The lowest BCUT2D eigenvalue weighted by Crippen LogP contribution is -2.35. The van der Waals surface area contributed by atoms with Gasteiger partial charge in [0.25, 0.3) is 0 Å². The van der Waals surface area contributed by atoms with Crippen molar-refractivity contribution in [2.24, 2.45) is 0 Å². The van der Waals surface area contributed by atoms with E-state index in [0.717, 1.165) is 5.39 Å². The number of nitrogens with zero attached hydrogens (tertiary/aromatic N) is 4. The highest BCUT2D eigenvalue weighted by atomic mass is 35.5. The molecule has 7 nitrogen and oxygen atoms in total. The molecule has 0 fully saturated rings. The van der Waals surface area contributed by atoms with Crippen LogP contribution in [0.1, 0.15) is 5.69 Å². The predicted octanol–water partition coefficient (Wildman–Crippen LogP) is 1.65. The molecule has 0 aliphatic heterocycles. The second kappa shape index (κ2) is 6.06. The van der Waals surface area contributed by atoms with Crippen LogP contribution in [0.4, 0.5) is 4.79 Å². The molecular weight excluding hydrogens is 282 g/mol. The molecule has 8 heteroatoms. The molecule has 2 heterocycles. The number of pyridine rings is 1. The van der Waals surface area contributed by atoms with Gasteiger partial charge in [0, 0.05) is 18.5 Å². The maximum atomic E-state index is 11.3. The molecule has 0 saturated carbocycles. The average molecular weight is 298 g/mol. The number of nitrogens with one attached hydrogen (secondary N) is 1. The van der Waals surface area contributed by atoms with E-state index in [1.54, 1.807) is 12.3 Å². The summed E-state index contributed by atoms with van der Waals surface area (Å²) < 4.78 is 0. The van der Waals surface area contributed by atoms with E-state index >= 15 is 0 Å². The van der Waals surface area contributed by atoms with Gasteiger partial charge in [0.2, 0.25) is 0 Å². The molecular formula is C12H16ClN5O2. The Morgan fingerprint density at radius 1 is 1.45 bits per heavy atom. The SMILES string of the molecule is CN(C)CCN(Cc1nc(Cl)cc2cn[nH]c12)C(=O)O. The number of aromatic nitrogens is 3. The van der Waals surface area contributed by atoms with Gasteiger partial charge in [-0.3, -0.25) is 5.10 Å². The first-order valence-corrected chi connectivity index (χ1v) is 6.46. The Morgan fingerprint density at radius 2 is 2.20 bits per heavy atom. The maximum Gasteiger partial charge on any atom is 0.407 e. The minimum Gasteiger partial charge on any atom is -0.465 e. The van der Waals surface area contributed by atoms with Gasteiger partial charge in [-0.1, -0.05) is 11.6 Å². The third kappa shape index (κ3) is 3.37. The Bertz CT molecular complexity index is 613. The van der Waals surface area contributed by atoms with Crippen molar-refractivity contribution in [3.63, 3.8) is 0 Å². The monoisotopic (exact) mass is 297 g/mol. The summed E-state index contributed by atoms with van der Waals surface area (Å²) in [5, 5.41) is 17.2. The third-order valence-corrected chi connectivity index (χ3v) is 3.10. The lowest BCUT2D eigenvalue weighted by atomic mass is 10.2. The van der Waals surface area contributed by atoms with Gasteiger partial charge in [0.1, 0.15) is 5.15 Å². The molecule has 2 aromatic rings. The van der Waals surface area contributed by atoms with Gasteiger partial charge in [0.15, 0.2) is 0 Å². The maximum absolute atomic E-state index is 11.3. The molecule has 2 N–H and O–H groups in total. The molecule has 20 heavy (non-hydrogen) atoms. The van der Waals surface area contributed by atoms with Crippen LogP contribution in [0.15, 0.2) is 12.3 Å². The molecule has 0 saturated heterocycles. The minimum absolute atomic E-state index is 0.169. The highest BCUT2D eigenvalue weighted by Crippen LogP contribution is 2.20. The van der Waals surface area contributed by atoms with E-state index in [9.17, 15) is 9.90 Å². The number of carboxylic acid groups (broad SMARTS) is 1. The zero-order chi connectivity index (χ0) is 14.7. The summed E-state index contributed by atoms with van der Waals surface area (Å²) in [5.41, 5.74) is 1.29. The summed E-state index contributed by atoms with van der Waals surface area (Å²) >= 11 is 5.94. The van der Waals surface area contributed by atoms with E-state index in [0.29, 0.717) is 29.5 Å². The number of halogens is 1. The van der Waals surface area contributed by atoms with Crippen molar-refractivity contribution in [1.29, 1.82) is 0 Å². The van der Waals surface area contributed by atoms with Crippen molar-refractivity contribution >= 4 is 28.6 Å². The summed E-state index contributed by atoms with van der Waals surface area (Å²) in [4.78, 5) is 18.7. The smallest absolute Gasteiger partial charge is 0.407 e. The van der Waals surface area contributed by atoms with Crippen molar-refractivity contribution in [3.05, 3.63) is 23.1 Å². The second-order valence-corrected chi connectivity index (χ2v) is 5.12. The quantitative estimate of drug-likeness (QED) is 0.820. The number of rotatable bonds is 5. The van der Waals surface area contributed by atoms with E-state index in [-0.39, 0.29) is 6.54 Å². The summed E-state index contributed by atoms with van der Waals surface area (Å²) in [6.07, 6.45) is 0.651. The van der Waals surface area contributed by atoms with Crippen molar-refractivity contribution < 1.29 is 9.90 Å². The number of H-pyrrole nitrogens is 1. The van der Waals surface area contributed by atoms with Gasteiger partial charge in [-0.25, -0.2) is 9.78 Å². The fourth-order valence-corrected chi connectivity index (χ4v) is 2.06. The summed E-state index contributed by atoms with van der Waals surface area (Å²) in [6.45, 7) is 1.20. The molecule has 2 aromatic heterocycles. The highest BCUT2D eigenvalue weighted by molar-refractivity contribution is 6.30. The van der Waals surface area contributed by atoms with Crippen LogP contribution in [0.5, 0.6) is 0 Å². The molecule has 0 aliphatic rings. The second-order valence-electron chi connectivity index (χ2n) is 4.73. The summed E-state index contributed by atoms with van der Waals surface area (Å²) in [7, 11) is 3.79. The predicted molar refractivity (Wildman–Crippen MR) is 75.9 cm³/mol. The first-order valence-electron chi connectivity index (χ1n) is 6.08. The van der Waals surface area contributed by atoms with Gasteiger partial charge < -0.3 is 14.9 Å². The van der Waals surface area contributed by atoms with Crippen LogP contribution in [0, 0.1) is 0 Å². The molecule has 108 valence electrons. The molecule has 0 unspecified atom stereocenters. The number of likely N-dealkylation sites (N-methyl/N-ethyl adjacent to an activating group) is 1. The van der Waals surface area contributed by atoms with Crippen LogP contribution >= 0.6 is 11.6 Å². The van der Waals surface area contributed by atoms with Gasteiger partial charge >= 0.3 is 6.09 Å². The molecule has 0 spiro atoms. The third-order valence-electron chi connectivity index (χ3n) is 2.90. The van der Waals surface area contributed by atoms with Gasteiger partial charge in [-0.05, 0) is 20.2 Å². The van der Waals surface area contributed by atoms with Crippen LogP contribution < -0.4 is 0 Å². The lowest BCUT2D eigenvalue weighted by Gasteiger charge is -2.21. The number of fused-ring (bicyclic) bond motifs is 1. The number of carbonyl (C=O) groups is 1. The Morgan fingerprint density at radius 3 is 2.85 bits per heavy atom. The molecule has 2 rings (SSSR count). The van der Waals surface area contributed by atoms with Crippen molar-refractivity contribution in [2.45, 2.75) is 6.54 Å². The van der Waals surface area contributed by atoms with E-state index in [2.05, 4.69) is 15.2 Å². The van der Waals surface area contributed by atoms with E-state index in [1.165, 1.54) is 4.90 Å². The zero-order valence-corrected chi connectivity index (χ0v) is 12.1. The van der Waals surface area contributed by atoms with Gasteiger partial charge in [-0.2, -0.15) is 5.10 Å². The van der Waals surface area contributed by atoms with Crippen LogP contribution in [0.2, 0.25) is 5.15 Å². The normalized spacial score (nSPS) is 11.2. The fourth-order valence-electron chi connectivity index (χ4n) is 1.84. The molecule has 0 aliphatic carbocycles. The van der Waals surface area contributed by atoms with E-state index in [4.69, 9.17) is 11.6 Å². The summed E-state index contributed by atoms with van der Waals surface area (Å²) in [5.74, 6) is 0. The van der Waals surface area contributed by atoms with Gasteiger partial charge in [0.05, 0.1) is 24.0 Å². The fraction of sp³-hybridized carbons (Fsp3) is 0.417. The lowest BCUT2D eigenvalue weighted by molar-refractivity contribution is 0.137. The minimum atomic E-state index is -0.985. The Kier molecular flexibility index (Phi) is 4.41. The average Bonchev–Trinajstić information content (AvgIpc) is 2.81. The highest BCUT2D eigenvalue weighted by Gasteiger charge is 2.16. The van der Waals surface area contributed by atoms with Crippen molar-refractivity contribution in [1.82, 2.24) is 25.0 Å². The molecule has 0 radical (unpaired) electrons. The van der Waals surface area contributed by atoms with Crippen LogP contribution in [0.3, 0.4) is 0 Å². The van der Waals surface area contributed by atoms with E-state index in [1.807, 2.05) is 19.0 Å². The van der Waals surface area contributed by atoms with Crippen LogP contribution in [-0.4, -0.2) is 63.4 Å². The summed E-state index contributed by atoms with van der Waals surface area (Å²) in [6, 6.07) is 1.69. The number of hydrogen-bond donors (Lipinski definition) is 2. The first-order chi connectivity index (χ1) is 9.47. The Hall–Kier alpha value is -1.86. The van der Waals surface area contributed by atoms with Crippen molar-refractivity contribution in [2.75, 3.05) is 27.2 Å². The number of hydrogen-bond acceptors (Lipinski definition) is 4. The molecule has 0 aromatic carbocycles. The number of amides is 1. The van der Waals surface area contributed by atoms with E-state index < -0.39 is 6.09 Å². The number of aromatic amines is 1. The Balaban J connectivity index is 2.23. The molecule has 0 bridgehead atoms. The zero-order valence-electron chi connectivity index (χ0n) is 11.3. The topological polar surface area (TPSA) is 85.4 Å². The molecule has 1 amide bonds. The van der Waals surface area contributed by atoms with Gasteiger partial charge in [-0.15, -0.1) is 0 Å². The van der Waals surface area contributed by atoms with Crippen molar-refractivity contribution in [3.8, 4) is 0 Å². The van der Waals surface area contributed by atoms with Crippen LogP contribution in [-0.2, 0) is 6.54 Å². The largest absolute Gasteiger partial charge is 0.465 e.